The zero-order valence-corrected chi connectivity index (χ0v) is 10.4. The molecule has 0 saturated heterocycles. The van der Waals surface area contributed by atoms with E-state index in [-0.39, 0.29) is 11.9 Å². The first-order chi connectivity index (χ1) is 8.74. The van der Waals surface area contributed by atoms with Crippen LogP contribution in [0, 0.1) is 5.82 Å². The lowest BCUT2D eigenvalue weighted by Crippen LogP contribution is -2.08. The Morgan fingerprint density at radius 2 is 2.06 bits per heavy atom. The van der Waals surface area contributed by atoms with Gasteiger partial charge < -0.3 is 5.32 Å². The first-order valence-electron chi connectivity index (χ1n) is 5.90. The van der Waals surface area contributed by atoms with E-state index in [0.717, 1.165) is 29.8 Å². The highest BCUT2D eigenvalue weighted by molar-refractivity contribution is 6.29. The number of rotatable bonds is 2. The molecule has 2 aromatic rings. The normalized spacial score (nSPS) is 17.6. The van der Waals surface area contributed by atoms with Crippen molar-refractivity contribution in [2.24, 2.45) is 0 Å². The molecule has 3 rings (SSSR count). The first-order valence-corrected chi connectivity index (χ1v) is 6.28. The van der Waals surface area contributed by atoms with Crippen molar-refractivity contribution < 1.29 is 4.39 Å². The summed E-state index contributed by atoms with van der Waals surface area (Å²) in [6, 6.07) is 10.8. The average molecular weight is 263 g/mol. The molecule has 0 amide bonds. The smallest absolute Gasteiger partial charge is 0.131 e. The predicted octanol–water partition coefficient (Wildman–Crippen LogP) is 3.97. The van der Waals surface area contributed by atoms with Crippen molar-refractivity contribution in [2.45, 2.75) is 18.9 Å². The van der Waals surface area contributed by atoms with Crippen molar-refractivity contribution in [3.63, 3.8) is 0 Å². The topological polar surface area (TPSA) is 24.9 Å². The van der Waals surface area contributed by atoms with Gasteiger partial charge >= 0.3 is 0 Å². The highest BCUT2D eigenvalue weighted by atomic mass is 35.5. The van der Waals surface area contributed by atoms with Gasteiger partial charge in [0.15, 0.2) is 0 Å². The summed E-state index contributed by atoms with van der Waals surface area (Å²) in [7, 11) is 0. The highest BCUT2D eigenvalue weighted by Crippen LogP contribution is 2.34. The number of anilines is 1. The van der Waals surface area contributed by atoms with E-state index >= 15 is 0 Å². The van der Waals surface area contributed by atoms with E-state index in [0.29, 0.717) is 5.15 Å². The number of halogens is 2. The Morgan fingerprint density at radius 3 is 2.89 bits per heavy atom. The van der Waals surface area contributed by atoms with Crippen molar-refractivity contribution in [3.8, 4) is 0 Å². The van der Waals surface area contributed by atoms with Crippen LogP contribution in [0.1, 0.15) is 23.6 Å². The summed E-state index contributed by atoms with van der Waals surface area (Å²) in [6.45, 7) is 0. The molecule has 0 aliphatic heterocycles. The van der Waals surface area contributed by atoms with Crippen LogP contribution < -0.4 is 5.32 Å². The van der Waals surface area contributed by atoms with Gasteiger partial charge in [-0.15, -0.1) is 0 Å². The van der Waals surface area contributed by atoms with E-state index in [9.17, 15) is 4.39 Å². The van der Waals surface area contributed by atoms with Crippen LogP contribution in [0.2, 0.25) is 5.15 Å². The van der Waals surface area contributed by atoms with Gasteiger partial charge in [-0.1, -0.05) is 29.8 Å². The number of hydrogen-bond acceptors (Lipinski definition) is 2. The lowest BCUT2D eigenvalue weighted by molar-refractivity contribution is 0.612. The molecule has 1 N–H and O–H groups in total. The molecule has 0 fully saturated rings. The highest BCUT2D eigenvalue weighted by Gasteiger charge is 2.24. The number of fused-ring (bicyclic) bond motifs is 1. The third-order valence-electron chi connectivity index (χ3n) is 3.25. The second kappa shape index (κ2) is 4.58. The Balaban J connectivity index is 1.87. The molecule has 2 nitrogen and oxygen atoms in total. The number of nitrogens with one attached hydrogen (secondary N) is 1. The van der Waals surface area contributed by atoms with Crippen LogP contribution in [-0.2, 0) is 6.42 Å². The molecule has 0 radical (unpaired) electrons. The quantitative estimate of drug-likeness (QED) is 0.829. The molecule has 1 aliphatic rings. The molecule has 0 saturated carbocycles. The zero-order chi connectivity index (χ0) is 12.5. The minimum absolute atomic E-state index is 0.113. The van der Waals surface area contributed by atoms with Crippen molar-refractivity contribution >= 4 is 17.4 Å². The van der Waals surface area contributed by atoms with E-state index < -0.39 is 0 Å². The molecule has 0 spiro atoms. The van der Waals surface area contributed by atoms with Crippen LogP contribution in [0.4, 0.5) is 10.2 Å². The second-order valence-electron chi connectivity index (χ2n) is 4.39. The third kappa shape index (κ3) is 2.06. The molecule has 1 aromatic heterocycles. The SMILES string of the molecule is Fc1cccc2c1CCC2Nc1cccc(Cl)n1. The molecule has 1 unspecified atom stereocenters. The fourth-order valence-corrected chi connectivity index (χ4v) is 2.59. The monoisotopic (exact) mass is 262 g/mol. The van der Waals surface area contributed by atoms with Gasteiger partial charge in [0.2, 0.25) is 0 Å². The fourth-order valence-electron chi connectivity index (χ4n) is 2.43. The number of nitrogens with zero attached hydrogens (tertiary/aromatic N) is 1. The van der Waals surface area contributed by atoms with Crippen molar-refractivity contribution in [1.82, 2.24) is 4.98 Å². The molecule has 1 aromatic carbocycles. The fraction of sp³-hybridized carbons (Fsp3) is 0.214. The zero-order valence-electron chi connectivity index (χ0n) is 9.66. The van der Waals surface area contributed by atoms with Gasteiger partial charge in [-0.2, -0.15) is 0 Å². The molecule has 92 valence electrons. The lowest BCUT2D eigenvalue weighted by Gasteiger charge is -2.14. The second-order valence-corrected chi connectivity index (χ2v) is 4.78. The van der Waals surface area contributed by atoms with E-state index in [2.05, 4.69) is 10.3 Å². The van der Waals surface area contributed by atoms with Crippen LogP contribution in [0.25, 0.3) is 0 Å². The number of benzene rings is 1. The summed E-state index contributed by atoms with van der Waals surface area (Å²) in [5, 5.41) is 3.76. The summed E-state index contributed by atoms with van der Waals surface area (Å²) in [5.74, 6) is 0.612. The van der Waals surface area contributed by atoms with Crippen LogP contribution in [-0.4, -0.2) is 4.98 Å². The molecule has 1 heterocycles. The summed E-state index contributed by atoms with van der Waals surface area (Å²) in [6.07, 6.45) is 1.64. The maximum Gasteiger partial charge on any atom is 0.131 e. The molecule has 1 atom stereocenters. The van der Waals surface area contributed by atoms with Crippen LogP contribution in [0.3, 0.4) is 0 Å². The van der Waals surface area contributed by atoms with Gasteiger partial charge in [0.05, 0.1) is 6.04 Å². The molecule has 18 heavy (non-hydrogen) atoms. The van der Waals surface area contributed by atoms with Crippen molar-refractivity contribution in [1.29, 1.82) is 0 Å². The first kappa shape index (κ1) is 11.5. The van der Waals surface area contributed by atoms with Gasteiger partial charge in [0.1, 0.15) is 16.8 Å². The number of pyridine rings is 1. The summed E-state index contributed by atoms with van der Waals surface area (Å²) in [4.78, 5) is 4.19. The van der Waals surface area contributed by atoms with Gasteiger partial charge in [0.25, 0.3) is 0 Å². The Bertz CT molecular complexity index is 586. The van der Waals surface area contributed by atoms with E-state index in [1.807, 2.05) is 18.2 Å². The third-order valence-corrected chi connectivity index (χ3v) is 3.46. The van der Waals surface area contributed by atoms with Gasteiger partial charge in [-0.25, -0.2) is 9.37 Å². The van der Waals surface area contributed by atoms with Crippen molar-refractivity contribution in [2.75, 3.05) is 5.32 Å². The van der Waals surface area contributed by atoms with Crippen LogP contribution >= 0.6 is 11.6 Å². The number of aromatic nitrogens is 1. The van der Waals surface area contributed by atoms with Gasteiger partial charge in [-0.3, -0.25) is 0 Å². The Labute approximate surface area is 110 Å². The lowest BCUT2D eigenvalue weighted by atomic mass is 10.1. The van der Waals surface area contributed by atoms with Crippen LogP contribution in [0.15, 0.2) is 36.4 Å². The van der Waals surface area contributed by atoms with Crippen molar-refractivity contribution in [3.05, 3.63) is 58.5 Å². The van der Waals surface area contributed by atoms with Crippen LogP contribution in [0.5, 0.6) is 0 Å². The van der Waals surface area contributed by atoms with E-state index in [4.69, 9.17) is 11.6 Å². The van der Waals surface area contributed by atoms with Gasteiger partial charge in [0, 0.05) is 0 Å². The molecule has 4 heteroatoms. The Kier molecular flexibility index (Phi) is 2.92. The molecule has 1 aliphatic carbocycles. The largest absolute Gasteiger partial charge is 0.363 e. The Hall–Kier alpha value is -1.61. The molecular formula is C14H12ClFN2. The average Bonchev–Trinajstić information content (AvgIpc) is 2.74. The standard InChI is InChI=1S/C14H12ClFN2/c15-13-5-2-6-14(18-13)17-12-8-7-9-10(12)3-1-4-11(9)16/h1-6,12H,7-8H2,(H,17,18). The summed E-state index contributed by atoms with van der Waals surface area (Å²) < 4.78 is 13.6. The van der Waals surface area contributed by atoms with Gasteiger partial charge in [-0.05, 0) is 42.2 Å². The molecule has 0 bridgehead atoms. The maximum atomic E-state index is 13.6. The minimum Gasteiger partial charge on any atom is -0.363 e. The molecular weight excluding hydrogens is 251 g/mol. The summed E-state index contributed by atoms with van der Waals surface area (Å²) in [5.41, 5.74) is 1.84. The minimum atomic E-state index is -0.115. The van der Waals surface area contributed by atoms with E-state index in [1.165, 1.54) is 6.07 Å². The maximum absolute atomic E-state index is 13.6. The predicted molar refractivity (Wildman–Crippen MR) is 70.3 cm³/mol. The summed E-state index contributed by atoms with van der Waals surface area (Å²) >= 11 is 5.84. The Morgan fingerprint density at radius 1 is 1.22 bits per heavy atom. The number of hydrogen-bond donors (Lipinski definition) is 1. The van der Waals surface area contributed by atoms with E-state index in [1.54, 1.807) is 12.1 Å².